The summed E-state index contributed by atoms with van der Waals surface area (Å²) in [6.07, 6.45) is -4.59. The molecule has 118 valence electrons. The molecule has 0 fully saturated rings. The molecule has 0 aliphatic carbocycles. The summed E-state index contributed by atoms with van der Waals surface area (Å²) in [5.41, 5.74) is -0.455. The number of aliphatic hydroxyl groups excluding tert-OH is 1. The predicted molar refractivity (Wildman–Crippen MR) is 76.9 cm³/mol. The number of rotatable bonds is 5. The average molecular weight is 312 g/mol. The molecule has 2 rings (SSSR count). The summed E-state index contributed by atoms with van der Waals surface area (Å²) in [5.74, 6) is -0.184. The summed E-state index contributed by atoms with van der Waals surface area (Å²) in [5, 5.41) is 14.4. The minimum Gasteiger partial charge on any atom is -0.394 e. The number of para-hydroxylation sites is 1. The van der Waals surface area contributed by atoms with Crippen molar-refractivity contribution < 1.29 is 18.3 Å². The number of aliphatic hydroxyl groups is 1. The summed E-state index contributed by atoms with van der Waals surface area (Å²) >= 11 is 0. The van der Waals surface area contributed by atoms with Crippen LogP contribution in [0.1, 0.15) is 12.6 Å². The van der Waals surface area contributed by atoms with Gasteiger partial charge in [0.05, 0.1) is 6.61 Å². The highest BCUT2D eigenvalue weighted by Crippen LogP contribution is 2.30. The first-order chi connectivity index (χ1) is 10.4. The zero-order valence-corrected chi connectivity index (χ0v) is 11.7. The number of hydrogen-bond acceptors (Lipinski definition) is 5. The van der Waals surface area contributed by atoms with Crippen molar-refractivity contribution in [3.8, 4) is 0 Å². The monoisotopic (exact) mass is 312 g/mol. The molecule has 2 aromatic rings. The Morgan fingerprint density at radius 2 is 1.86 bits per heavy atom. The lowest BCUT2D eigenvalue weighted by atomic mass is 10.3. The fraction of sp³-hybridized carbons (Fsp3) is 0.286. The second kappa shape index (κ2) is 6.61. The lowest BCUT2D eigenvalue weighted by Gasteiger charge is -2.15. The van der Waals surface area contributed by atoms with Crippen LogP contribution in [0.5, 0.6) is 0 Å². The maximum atomic E-state index is 12.9. The van der Waals surface area contributed by atoms with Gasteiger partial charge in [-0.3, -0.25) is 0 Å². The fourth-order valence-electron chi connectivity index (χ4n) is 1.66. The lowest BCUT2D eigenvalue weighted by molar-refractivity contribution is -0.141. The van der Waals surface area contributed by atoms with Gasteiger partial charge in [-0.15, -0.1) is 0 Å². The smallest absolute Gasteiger partial charge is 0.394 e. The van der Waals surface area contributed by atoms with Crippen LogP contribution in [0.3, 0.4) is 0 Å². The van der Waals surface area contributed by atoms with Crippen LogP contribution in [0, 0.1) is 0 Å². The zero-order valence-electron chi connectivity index (χ0n) is 11.7. The molecule has 0 spiro atoms. The van der Waals surface area contributed by atoms with E-state index in [-0.39, 0.29) is 18.4 Å². The van der Waals surface area contributed by atoms with Crippen molar-refractivity contribution in [2.45, 2.75) is 19.1 Å². The van der Waals surface area contributed by atoms with Gasteiger partial charge >= 0.3 is 6.18 Å². The summed E-state index contributed by atoms with van der Waals surface area (Å²) in [7, 11) is 0. The van der Waals surface area contributed by atoms with Crippen molar-refractivity contribution >= 4 is 17.5 Å². The van der Waals surface area contributed by atoms with Gasteiger partial charge in [-0.1, -0.05) is 18.2 Å². The quantitative estimate of drug-likeness (QED) is 0.791. The van der Waals surface area contributed by atoms with Gasteiger partial charge in [0.25, 0.3) is 0 Å². The molecule has 5 nitrogen and oxygen atoms in total. The molecule has 1 aromatic heterocycles. The van der Waals surface area contributed by atoms with Crippen LogP contribution in [0.4, 0.5) is 30.6 Å². The molecular formula is C14H15F3N4O. The molecule has 0 amide bonds. The maximum absolute atomic E-state index is 12.9. The number of nitrogens with one attached hydrogen (secondary N) is 2. The SMILES string of the molecule is C[C@H](CO)Nc1nc(Nc2ccccc2)cc(C(F)(F)F)n1. The first-order valence-corrected chi connectivity index (χ1v) is 6.54. The van der Waals surface area contributed by atoms with Gasteiger partial charge in [0.2, 0.25) is 5.95 Å². The van der Waals surface area contributed by atoms with Crippen molar-refractivity contribution in [1.82, 2.24) is 9.97 Å². The molecule has 0 aliphatic heterocycles. The third-order valence-electron chi connectivity index (χ3n) is 2.71. The molecule has 3 N–H and O–H groups in total. The molecule has 22 heavy (non-hydrogen) atoms. The molecule has 0 aliphatic rings. The van der Waals surface area contributed by atoms with E-state index in [0.717, 1.165) is 6.07 Å². The Balaban J connectivity index is 2.33. The molecule has 0 unspecified atom stereocenters. The number of aromatic nitrogens is 2. The highest BCUT2D eigenvalue weighted by atomic mass is 19.4. The van der Waals surface area contributed by atoms with Crippen LogP contribution in [0.15, 0.2) is 36.4 Å². The molecule has 0 saturated carbocycles. The van der Waals surface area contributed by atoms with Crippen molar-refractivity contribution in [1.29, 1.82) is 0 Å². The first-order valence-electron chi connectivity index (χ1n) is 6.54. The highest BCUT2D eigenvalue weighted by molar-refractivity contribution is 5.57. The third kappa shape index (κ3) is 4.32. The number of benzene rings is 1. The molecule has 0 saturated heterocycles. The summed E-state index contributed by atoms with van der Waals surface area (Å²) in [6, 6.07) is 9.08. The molecule has 0 bridgehead atoms. The van der Waals surface area contributed by atoms with Crippen LogP contribution < -0.4 is 10.6 Å². The molecule has 1 heterocycles. The van der Waals surface area contributed by atoms with Crippen LogP contribution >= 0.6 is 0 Å². The lowest BCUT2D eigenvalue weighted by Crippen LogP contribution is -2.22. The molecule has 1 atom stereocenters. The van der Waals surface area contributed by atoms with Crippen molar-refractivity contribution in [3.63, 3.8) is 0 Å². The van der Waals surface area contributed by atoms with E-state index in [0.29, 0.717) is 5.69 Å². The van der Waals surface area contributed by atoms with Gasteiger partial charge in [-0.05, 0) is 19.1 Å². The summed E-state index contributed by atoms with van der Waals surface area (Å²) in [4.78, 5) is 7.42. The Hall–Kier alpha value is -2.35. The van der Waals surface area contributed by atoms with E-state index in [1.807, 2.05) is 0 Å². The molecule has 1 aromatic carbocycles. The number of alkyl halides is 3. The topological polar surface area (TPSA) is 70.1 Å². The summed E-state index contributed by atoms with van der Waals surface area (Å²) in [6.45, 7) is 1.36. The van der Waals surface area contributed by atoms with Gasteiger partial charge in [0, 0.05) is 17.8 Å². The minimum absolute atomic E-state index is 0.0150. The van der Waals surface area contributed by atoms with Gasteiger partial charge in [-0.25, -0.2) is 4.98 Å². The van der Waals surface area contributed by atoms with E-state index < -0.39 is 17.9 Å². The Bertz CT molecular complexity index is 619. The van der Waals surface area contributed by atoms with Gasteiger partial charge in [0.15, 0.2) is 5.69 Å². The summed E-state index contributed by atoms with van der Waals surface area (Å²) < 4.78 is 38.7. The second-order valence-electron chi connectivity index (χ2n) is 4.68. The predicted octanol–water partition coefficient (Wildman–Crippen LogP) is 3.03. The van der Waals surface area contributed by atoms with Crippen molar-refractivity contribution in [2.75, 3.05) is 17.2 Å². The first kappa shape index (κ1) is 16.0. The van der Waals surface area contributed by atoms with Crippen molar-refractivity contribution in [3.05, 3.63) is 42.1 Å². The number of nitrogens with zero attached hydrogens (tertiary/aromatic N) is 2. The number of anilines is 3. The van der Waals surface area contributed by atoms with Crippen LogP contribution in [-0.2, 0) is 6.18 Å². The minimum atomic E-state index is -4.59. The van der Waals surface area contributed by atoms with E-state index in [1.54, 1.807) is 37.3 Å². The number of hydrogen-bond donors (Lipinski definition) is 3. The van der Waals surface area contributed by atoms with Gasteiger partial charge < -0.3 is 15.7 Å². The largest absolute Gasteiger partial charge is 0.433 e. The maximum Gasteiger partial charge on any atom is 0.433 e. The van der Waals surface area contributed by atoms with Gasteiger partial charge in [-0.2, -0.15) is 18.2 Å². The second-order valence-corrected chi connectivity index (χ2v) is 4.68. The Kier molecular flexibility index (Phi) is 4.81. The third-order valence-corrected chi connectivity index (χ3v) is 2.71. The fourth-order valence-corrected chi connectivity index (χ4v) is 1.66. The Morgan fingerprint density at radius 3 is 2.45 bits per heavy atom. The molecular weight excluding hydrogens is 297 g/mol. The van der Waals surface area contributed by atoms with Crippen LogP contribution in [0.25, 0.3) is 0 Å². The van der Waals surface area contributed by atoms with E-state index in [4.69, 9.17) is 5.11 Å². The Morgan fingerprint density at radius 1 is 1.18 bits per heavy atom. The van der Waals surface area contributed by atoms with E-state index in [9.17, 15) is 13.2 Å². The Labute approximate surface area is 125 Å². The van der Waals surface area contributed by atoms with Crippen molar-refractivity contribution in [2.24, 2.45) is 0 Å². The standard InChI is InChI=1S/C14H15F3N4O/c1-9(8-22)18-13-20-11(14(15,16)17)7-12(21-13)19-10-5-3-2-4-6-10/h2-7,9,22H,8H2,1H3,(H2,18,19,20,21)/t9-/m1/s1. The van der Waals surface area contributed by atoms with Crippen LogP contribution in [-0.4, -0.2) is 27.7 Å². The zero-order chi connectivity index (χ0) is 16.2. The average Bonchev–Trinajstić information content (AvgIpc) is 2.47. The molecule has 0 radical (unpaired) electrons. The molecule has 8 heteroatoms. The van der Waals surface area contributed by atoms with Crippen LogP contribution in [0.2, 0.25) is 0 Å². The normalized spacial score (nSPS) is 12.8. The number of halogens is 3. The van der Waals surface area contributed by atoms with E-state index in [1.165, 1.54) is 0 Å². The highest BCUT2D eigenvalue weighted by Gasteiger charge is 2.33. The van der Waals surface area contributed by atoms with Gasteiger partial charge in [0.1, 0.15) is 5.82 Å². The van der Waals surface area contributed by atoms with E-state index >= 15 is 0 Å². The van der Waals surface area contributed by atoms with E-state index in [2.05, 4.69) is 20.6 Å².